The second-order valence-electron chi connectivity index (χ2n) is 10.3. The van der Waals surface area contributed by atoms with E-state index in [1.54, 1.807) is 12.1 Å². The maximum Gasteiger partial charge on any atom is 0.322 e. The molecule has 1 amide bonds. The summed E-state index contributed by atoms with van der Waals surface area (Å²) < 4.78 is 38.2. The average molecular weight is 551 g/mol. The number of rotatable bonds is 7. The Labute approximate surface area is 227 Å². The number of nitrogens with one attached hydrogen (secondary N) is 1. The molecule has 0 radical (unpaired) electrons. The molecule has 2 fully saturated rings. The monoisotopic (exact) mass is 550 g/mol. The van der Waals surface area contributed by atoms with E-state index in [9.17, 15) is 23.1 Å². The highest BCUT2D eigenvalue weighted by Gasteiger charge is 2.51. The normalized spacial score (nSPS) is 19.6. The minimum absolute atomic E-state index is 0. The van der Waals surface area contributed by atoms with Gasteiger partial charge in [0.15, 0.2) is 11.5 Å². The number of carbonyl (C=O) groups excluding carboxylic acids is 1. The molecule has 39 heavy (non-hydrogen) atoms. The van der Waals surface area contributed by atoms with E-state index in [4.69, 9.17) is 9.47 Å². The van der Waals surface area contributed by atoms with Gasteiger partial charge in [0.05, 0.1) is 10.3 Å². The fraction of sp³-hybridized carbons (Fsp3) is 0.310. The molecule has 204 valence electrons. The van der Waals surface area contributed by atoms with Crippen molar-refractivity contribution in [2.75, 3.05) is 18.7 Å². The first-order valence-corrected chi connectivity index (χ1v) is 14.3. The van der Waals surface area contributed by atoms with Crippen LogP contribution in [0, 0.1) is 6.92 Å². The number of benzene rings is 3. The number of sulfonamides is 1. The lowest BCUT2D eigenvalue weighted by atomic mass is 9.94. The molecule has 6 rings (SSSR count). The standard InChI is InChI=1S/C29H28N2O7S.H2/c1-18-4-8-21(30-28(34)29(12-13-29)20-7-11-25-26(15-20)38-17-37-25)16-23(18)19-5-9-22(10-6-19)39(35,36)31-14-2-3-24(31)27(32)33;/h4-11,15-16,24H,2-3,12-14,17H2,1H3,(H,30,34)(H,32,33);1H/t24-;/m0./s1. The predicted octanol–water partition coefficient (Wildman–Crippen LogP) is 4.54. The fourth-order valence-corrected chi connectivity index (χ4v) is 7.09. The Morgan fingerprint density at radius 3 is 2.49 bits per heavy atom. The van der Waals surface area contributed by atoms with Crippen molar-refractivity contribution in [2.24, 2.45) is 0 Å². The van der Waals surface area contributed by atoms with Crippen LogP contribution in [0.1, 0.15) is 38.2 Å². The van der Waals surface area contributed by atoms with Crippen LogP contribution in [0.25, 0.3) is 11.1 Å². The molecule has 3 aliphatic rings. The summed E-state index contributed by atoms with van der Waals surface area (Å²) >= 11 is 0. The molecule has 3 aromatic rings. The van der Waals surface area contributed by atoms with Gasteiger partial charge in [-0.2, -0.15) is 4.31 Å². The minimum atomic E-state index is -3.93. The highest BCUT2D eigenvalue weighted by atomic mass is 32.2. The maximum atomic E-state index is 13.4. The van der Waals surface area contributed by atoms with Crippen molar-refractivity contribution in [1.82, 2.24) is 4.31 Å². The zero-order chi connectivity index (χ0) is 27.4. The Kier molecular flexibility index (Phi) is 6.11. The van der Waals surface area contributed by atoms with Gasteiger partial charge in [-0.05, 0) is 91.3 Å². The molecule has 1 aliphatic carbocycles. The van der Waals surface area contributed by atoms with Crippen molar-refractivity contribution in [2.45, 2.75) is 49.0 Å². The summed E-state index contributed by atoms with van der Waals surface area (Å²) in [5, 5.41) is 12.5. The summed E-state index contributed by atoms with van der Waals surface area (Å²) in [4.78, 5) is 25.0. The molecule has 1 saturated carbocycles. The molecule has 1 saturated heterocycles. The van der Waals surface area contributed by atoms with Crippen LogP contribution in [-0.2, 0) is 25.0 Å². The SMILES string of the molecule is Cc1ccc(NC(=O)C2(c3ccc4c(c3)OCO4)CC2)cc1-c1ccc(S(=O)(=O)N2CCC[C@H]2C(=O)O)cc1.[HH]. The zero-order valence-electron chi connectivity index (χ0n) is 21.3. The molecule has 2 N–H and O–H groups in total. The number of carboxylic acid groups (broad SMARTS) is 1. The third kappa shape index (κ3) is 4.43. The molecule has 0 unspecified atom stereocenters. The van der Waals surface area contributed by atoms with Crippen LogP contribution in [0.4, 0.5) is 5.69 Å². The van der Waals surface area contributed by atoms with E-state index in [0.717, 1.165) is 39.4 Å². The highest BCUT2D eigenvalue weighted by molar-refractivity contribution is 7.89. The lowest BCUT2D eigenvalue weighted by Crippen LogP contribution is -2.40. The quantitative estimate of drug-likeness (QED) is 0.443. The highest BCUT2D eigenvalue weighted by Crippen LogP contribution is 2.51. The van der Waals surface area contributed by atoms with Gasteiger partial charge in [-0.25, -0.2) is 8.42 Å². The van der Waals surface area contributed by atoms with Crippen LogP contribution >= 0.6 is 0 Å². The first kappa shape index (κ1) is 25.4. The fourth-order valence-electron chi connectivity index (χ4n) is 5.44. The summed E-state index contributed by atoms with van der Waals surface area (Å²) in [6.07, 6.45) is 2.31. The van der Waals surface area contributed by atoms with E-state index < -0.39 is 27.4 Å². The lowest BCUT2D eigenvalue weighted by molar-refractivity contribution is -0.140. The molecule has 10 heteroatoms. The van der Waals surface area contributed by atoms with Crippen LogP contribution in [0.2, 0.25) is 0 Å². The average Bonchev–Trinajstić information content (AvgIpc) is 3.34. The third-order valence-electron chi connectivity index (χ3n) is 7.87. The van der Waals surface area contributed by atoms with Crippen LogP contribution in [0.5, 0.6) is 11.5 Å². The number of ether oxygens (including phenoxy) is 2. The molecule has 2 heterocycles. The molecule has 2 aliphatic heterocycles. The summed E-state index contributed by atoms with van der Waals surface area (Å²) in [6, 6.07) is 16.7. The van der Waals surface area contributed by atoms with Gasteiger partial charge >= 0.3 is 5.97 Å². The number of nitrogens with zero attached hydrogens (tertiary/aromatic N) is 1. The van der Waals surface area contributed by atoms with Crippen molar-refractivity contribution in [3.8, 4) is 22.6 Å². The molecule has 0 bridgehead atoms. The van der Waals surface area contributed by atoms with Gasteiger partial charge < -0.3 is 19.9 Å². The number of aliphatic carboxylic acids is 1. The van der Waals surface area contributed by atoms with Gasteiger partial charge in [0.25, 0.3) is 0 Å². The maximum absolute atomic E-state index is 13.4. The van der Waals surface area contributed by atoms with Crippen molar-refractivity contribution in [3.05, 3.63) is 71.8 Å². The van der Waals surface area contributed by atoms with E-state index in [-0.39, 0.29) is 25.6 Å². The minimum Gasteiger partial charge on any atom is -0.480 e. The van der Waals surface area contributed by atoms with E-state index in [0.29, 0.717) is 30.0 Å². The molecular formula is C29H30N2O7S. The number of fused-ring (bicyclic) bond motifs is 1. The van der Waals surface area contributed by atoms with Crippen molar-refractivity contribution in [3.63, 3.8) is 0 Å². The molecular weight excluding hydrogens is 520 g/mol. The van der Waals surface area contributed by atoms with Crippen LogP contribution in [0.3, 0.4) is 0 Å². The van der Waals surface area contributed by atoms with E-state index in [1.807, 2.05) is 43.3 Å². The molecule has 3 aromatic carbocycles. The summed E-state index contributed by atoms with van der Waals surface area (Å²) in [5.74, 6) is 0.113. The summed E-state index contributed by atoms with van der Waals surface area (Å²) in [6.45, 7) is 2.32. The number of hydrogen-bond donors (Lipinski definition) is 2. The number of aryl methyl sites for hydroxylation is 1. The second kappa shape index (κ2) is 9.39. The number of carbonyl (C=O) groups is 2. The van der Waals surface area contributed by atoms with Gasteiger partial charge in [0.1, 0.15) is 6.04 Å². The molecule has 0 spiro atoms. The number of carboxylic acids is 1. The first-order valence-electron chi connectivity index (χ1n) is 12.9. The van der Waals surface area contributed by atoms with E-state index >= 15 is 0 Å². The summed E-state index contributed by atoms with van der Waals surface area (Å²) in [7, 11) is -3.93. The largest absolute Gasteiger partial charge is 0.480 e. The molecule has 0 aromatic heterocycles. The Balaban J connectivity index is 0.00000323. The van der Waals surface area contributed by atoms with Gasteiger partial charge in [0, 0.05) is 13.7 Å². The van der Waals surface area contributed by atoms with E-state index in [1.165, 1.54) is 12.1 Å². The zero-order valence-corrected chi connectivity index (χ0v) is 22.2. The Bertz CT molecular complexity index is 1590. The van der Waals surface area contributed by atoms with E-state index in [2.05, 4.69) is 5.32 Å². The number of amides is 1. The topological polar surface area (TPSA) is 122 Å². The Morgan fingerprint density at radius 1 is 1.03 bits per heavy atom. The first-order chi connectivity index (χ1) is 18.7. The Hall–Kier alpha value is -3.89. The Morgan fingerprint density at radius 2 is 1.77 bits per heavy atom. The third-order valence-corrected chi connectivity index (χ3v) is 9.79. The van der Waals surface area contributed by atoms with Crippen LogP contribution in [0.15, 0.2) is 65.6 Å². The summed E-state index contributed by atoms with van der Waals surface area (Å²) in [5.41, 5.74) is 3.55. The van der Waals surface area contributed by atoms with Crippen LogP contribution < -0.4 is 14.8 Å². The van der Waals surface area contributed by atoms with Gasteiger partial charge in [-0.3, -0.25) is 9.59 Å². The van der Waals surface area contributed by atoms with Gasteiger partial charge in [-0.15, -0.1) is 0 Å². The van der Waals surface area contributed by atoms with Crippen molar-refractivity contribution >= 4 is 27.6 Å². The molecule has 9 nitrogen and oxygen atoms in total. The van der Waals surface area contributed by atoms with Gasteiger partial charge in [0.2, 0.25) is 22.7 Å². The lowest BCUT2D eigenvalue weighted by Gasteiger charge is -2.21. The van der Waals surface area contributed by atoms with Crippen molar-refractivity contribution in [1.29, 1.82) is 0 Å². The predicted molar refractivity (Wildman–Crippen MR) is 145 cm³/mol. The number of hydrogen-bond acceptors (Lipinski definition) is 6. The van der Waals surface area contributed by atoms with Crippen molar-refractivity contribution < 1.29 is 34.0 Å². The number of anilines is 1. The smallest absolute Gasteiger partial charge is 0.322 e. The van der Waals surface area contributed by atoms with Crippen LogP contribution in [-0.4, -0.2) is 49.1 Å². The second-order valence-corrected chi connectivity index (χ2v) is 12.2. The molecule has 1 atom stereocenters. The van der Waals surface area contributed by atoms with Gasteiger partial charge in [-0.1, -0.05) is 24.3 Å².